The number of hydrogen-bond acceptors (Lipinski definition) is 4. The second-order valence-electron chi connectivity index (χ2n) is 6.61. The highest BCUT2D eigenvalue weighted by Crippen LogP contribution is 2.25. The highest BCUT2D eigenvalue weighted by Gasteiger charge is 2.15. The number of hydrogen-bond donors (Lipinski definition) is 1. The summed E-state index contributed by atoms with van der Waals surface area (Å²) in [4.78, 5) is 12.5. The van der Waals surface area contributed by atoms with E-state index in [0.29, 0.717) is 17.5 Å². The third-order valence-corrected chi connectivity index (χ3v) is 5.46. The van der Waals surface area contributed by atoms with E-state index >= 15 is 0 Å². The Balaban J connectivity index is 1.46. The lowest BCUT2D eigenvalue weighted by Gasteiger charge is -2.09. The molecule has 4 aromatic rings. The molecule has 1 amide bonds. The monoisotopic (exact) mass is 418 g/mol. The van der Waals surface area contributed by atoms with E-state index in [1.807, 2.05) is 47.0 Å². The number of nitrogens with zero attached hydrogens (tertiary/aromatic N) is 3. The lowest BCUT2D eigenvalue weighted by molar-refractivity contribution is -0.113. The predicted molar refractivity (Wildman–Crippen MR) is 119 cm³/mol. The summed E-state index contributed by atoms with van der Waals surface area (Å²) >= 11 is 1.29. The molecule has 4 rings (SSSR count). The van der Waals surface area contributed by atoms with Gasteiger partial charge in [-0.3, -0.25) is 9.36 Å². The molecule has 5 nitrogen and oxygen atoms in total. The second kappa shape index (κ2) is 8.92. The molecule has 0 spiro atoms. The zero-order valence-corrected chi connectivity index (χ0v) is 16.9. The van der Waals surface area contributed by atoms with Crippen LogP contribution in [-0.2, 0) is 11.3 Å². The standard InChI is InChI=1S/C23H19FN4OS/c1-2-13-28-22(17-7-10-19(24)11-8-17)26-27-23(28)30-15-21(29)25-20-12-9-16-5-3-4-6-18(16)14-20/h2-12,14H,1,13,15H2,(H,25,29). The van der Waals surface area contributed by atoms with Crippen molar-refractivity contribution in [2.24, 2.45) is 0 Å². The van der Waals surface area contributed by atoms with Gasteiger partial charge in [-0.1, -0.05) is 48.2 Å². The van der Waals surface area contributed by atoms with E-state index in [2.05, 4.69) is 22.1 Å². The van der Waals surface area contributed by atoms with Gasteiger partial charge in [0.25, 0.3) is 0 Å². The molecule has 0 unspecified atom stereocenters. The smallest absolute Gasteiger partial charge is 0.234 e. The third kappa shape index (κ3) is 4.41. The molecule has 30 heavy (non-hydrogen) atoms. The van der Waals surface area contributed by atoms with Gasteiger partial charge < -0.3 is 5.32 Å². The van der Waals surface area contributed by atoms with Crippen LogP contribution in [0.1, 0.15) is 0 Å². The molecule has 0 bridgehead atoms. The van der Waals surface area contributed by atoms with Crippen molar-refractivity contribution < 1.29 is 9.18 Å². The summed E-state index contributed by atoms with van der Waals surface area (Å²) in [7, 11) is 0. The molecule has 0 aliphatic heterocycles. The Kier molecular flexibility index (Phi) is 5.90. The molecule has 150 valence electrons. The van der Waals surface area contributed by atoms with Crippen molar-refractivity contribution in [1.82, 2.24) is 14.8 Å². The molecule has 0 aliphatic rings. The summed E-state index contributed by atoms with van der Waals surface area (Å²) in [6.07, 6.45) is 1.73. The predicted octanol–water partition coefficient (Wildman–Crippen LogP) is 5.15. The number of anilines is 1. The fourth-order valence-electron chi connectivity index (χ4n) is 3.10. The number of carbonyl (C=O) groups is 1. The zero-order valence-electron chi connectivity index (χ0n) is 16.1. The van der Waals surface area contributed by atoms with Gasteiger partial charge in [0.15, 0.2) is 11.0 Å². The molecule has 1 aromatic heterocycles. The van der Waals surface area contributed by atoms with E-state index < -0.39 is 0 Å². The van der Waals surface area contributed by atoms with Crippen LogP contribution in [0, 0.1) is 5.82 Å². The first kappa shape index (κ1) is 19.8. The average molecular weight is 418 g/mol. The molecule has 1 N–H and O–H groups in total. The normalized spacial score (nSPS) is 10.8. The summed E-state index contributed by atoms with van der Waals surface area (Å²) in [5, 5.41) is 14.1. The van der Waals surface area contributed by atoms with E-state index in [1.54, 1.807) is 18.2 Å². The maximum absolute atomic E-state index is 13.2. The van der Waals surface area contributed by atoms with Crippen LogP contribution < -0.4 is 5.32 Å². The van der Waals surface area contributed by atoms with Gasteiger partial charge in [0.05, 0.1) is 5.75 Å². The number of carbonyl (C=O) groups excluding carboxylic acids is 1. The number of nitrogens with one attached hydrogen (secondary N) is 1. The molecule has 0 saturated heterocycles. The van der Waals surface area contributed by atoms with Crippen LogP contribution in [0.4, 0.5) is 10.1 Å². The van der Waals surface area contributed by atoms with Gasteiger partial charge in [-0.2, -0.15) is 0 Å². The molecule has 0 atom stereocenters. The van der Waals surface area contributed by atoms with Crippen molar-refractivity contribution >= 4 is 34.1 Å². The van der Waals surface area contributed by atoms with Crippen molar-refractivity contribution in [2.45, 2.75) is 11.7 Å². The average Bonchev–Trinajstić information content (AvgIpc) is 3.15. The topological polar surface area (TPSA) is 59.8 Å². The van der Waals surface area contributed by atoms with Gasteiger partial charge in [0, 0.05) is 17.8 Å². The number of thioether (sulfide) groups is 1. The van der Waals surface area contributed by atoms with Gasteiger partial charge in [0.1, 0.15) is 5.82 Å². The van der Waals surface area contributed by atoms with E-state index in [9.17, 15) is 9.18 Å². The van der Waals surface area contributed by atoms with E-state index in [4.69, 9.17) is 0 Å². The van der Waals surface area contributed by atoms with Gasteiger partial charge in [-0.15, -0.1) is 16.8 Å². The minimum Gasteiger partial charge on any atom is -0.325 e. The van der Waals surface area contributed by atoms with Crippen LogP contribution in [0.3, 0.4) is 0 Å². The van der Waals surface area contributed by atoms with Crippen LogP contribution in [0.5, 0.6) is 0 Å². The van der Waals surface area contributed by atoms with E-state index in [-0.39, 0.29) is 17.5 Å². The van der Waals surface area contributed by atoms with Crippen molar-refractivity contribution in [3.8, 4) is 11.4 Å². The van der Waals surface area contributed by atoms with Crippen LogP contribution in [-0.4, -0.2) is 26.4 Å². The first-order valence-corrected chi connectivity index (χ1v) is 10.3. The largest absolute Gasteiger partial charge is 0.325 e. The third-order valence-electron chi connectivity index (χ3n) is 4.50. The Morgan fingerprint density at radius 2 is 1.83 bits per heavy atom. The first-order chi connectivity index (χ1) is 14.6. The molecule has 7 heteroatoms. The van der Waals surface area contributed by atoms with Gasteiger partial charge in [0.2, 0.25) is 5.91 Å². The Hall–Kier alpha value is -3.45. The molecular formula is C23H19FN4OS. The maximum Gasteiger partial charge on any atom is 0.234 e. The number of benzene rings is 3. The lowest BCUT2D eigenvalue weighted by atomic mass is 10.1. The van der Waals surface area contributed by atoms with E-state index in [0.717, 1.165) is 22.0 Å². The maximum atomic E-state index is 13.2. The summed E-state index contributed by atoms with van der Waals surface area (Å²) < 4.78 is 15.1. The number of halogens is 1. The van der Waals surface area contributed by atoms with Crippen LogP contribution in [0.25, 0.3) is 22.2 Å². The molecule has 0 aliphatic carbocycles. The summed E-state index contributed by atoms with van der Waals surface area (Å²) in [5.74, 6) is 0.346. The molecule has 3 aromatic carbocycles. The quantitative estimate of drug-likeness (QED) is 0.333. The summed E-state index contributed by atoms with van der Waals surface area (Å²) in [5.41, 5.74) is 1.50. The zero-order chi connectivity index (χ0) is 20.9. The summed E-state index contributed by atoms with van der Waals surface area (Å²) in [6.45, 7) is 4.26. The minimum absolute atomic E-state index is 0.133. The van der Waals surface area contributed by atoms with Gasteiger partial charge in [-0.25, -0.2) is 4.39 Å². The Labute approximate surface area is 177 Å². The van der Waals surface area contributed by atoms with Crippen molar-refractivity contribution in [1.29, 1.82) is 0 Å². The number of fused-ring (bicyclic) bond motifs is 1. The number of aromatic nitrogens is 3. The van der Waals surface area contributed by atoms with Crippen LogP contribution in [0.2, 0.25) is 0 Å². The minimum atomic E-state index is -0.312. The Bertz CT molecular complexity index is 1200. The van der Waals surface area contributed by atoms with Crippen molar-refractivity contribution in [2.75, 3.05) is 11.1 Å². The van der Waals surface area contributed by atoms with E-state index in [1.165, 1.54) is 23.9 Å². The molecule has 0 saturated carbocycles. The van der Waals surface area contributed by atoms with Crippen molar-refractivity contribution in [3.63, 3.8) is 0 Å². The second-order valence-corrected chi connectivity index (χ2v) is 7.55. The van der Waals surface area contributed by atoms with Crippen molar-refractivity contribution in [3.05, 3.63) is 85.2 Å². The number of amides is 1. The lowest BCUT2D eigenvalue weighted by Crippen LogP contribution is -2.14. The fraction of sp³-hybridized carbons (Fsp3) is 0.0870. The molecular weight excluding hydrogens is 399 g/mol. The highest BCUT2D eigenvalue weighted by atomic mass is 32.2. The summed E-state index contributed by atoms with van der Waals surface area (Å²) in [6, 6.07) is 19.9. The number of rotatable bonds is 7. The molecule has 0 fully saturated rings. The fourth-order valence-corrected chi connectivity index (χ4v) is 3.84. The Morgan fingerprint density at radius 1 is 1.07 bits per heavy atom. The highest BCUT2D eigenvalue weighted by molar-refractivity contribution is 7.99. The molecule has 1 heterocycles. The first-order valence-electron chi connectivity index (χ1n) is 9.35. The van der Waals surface area contributed by atoms with Gasteiger partial charge in [-0.05, 0) is 47.2 Å². The van der Waals surface area contributed by atoms with Gasteiger partial charge >= 0.3 is 0 Å². The SMILES string of the molecule is C=CCn1c(SCC(=O)Nc2ccc3ccccc3c2)nnc1-c1ccc(F)cc1. The Morgan fingerprint density at radius 3 is 2.60 bits per heavy atom. The van der Waals surface area contributed by atoms with Crippen LogP contribution in [0.15, 0.2) is 84.5 Å². The number of allylic oxidation sites excluding steroid dienone is 1. The molecule has 0 radical (unpaired) electrons. The van der Waals surface area contributed by atoms with Crippen LogP contribution >= 0.6 is 11.8 Å².